The fourth-order valence-corrected chi connectivity index (χ4v) is 3.80. The zero-order valence-electron chi connectivity index (χ0n) is 17.0. The molecule has 0 spiro atoms. The van der Waals surface area contributed by atoms with Crippen molar-refractivity contribution in [3.8, 4) is 0 Å². The first-order chi connectivity index (χ1) is 14.2. The van der Waals surface area contributed by atoms with Gasteiger partial charge in [-0.3, -0.25) is 19.7 Å². The summed E-state index contributed by atoms with van der Waals surface area (Å²) in [7, 11) is 3.04. The van der Waals surface area contributed by atoms with Gasteiger partial charge in [0.05, 0.1) is 10.5 Å². The Balaban J connectivity index is 2.03. The molecule has 3 rings (SSSR count). The number of amides is 2. The van der Waals surface area contributed by atoms with Crippen LogP contribution in [0.3, 0.4) is 0 Å². The lowest BCUT2D eigenvalue weighted by Crippen LogP contribution is -2.65. The molecule has 0 bridgehead atoms. The highest BCUT2D eigenvalue weighted by Gasteiger charge is 2.50. The molecule has 0 saturated carbocycles. The van der Waals surface area contributed by atoms with Gasteiger partial charge in [-0.15, -0.1) is 0 Å². The molecule has 1 fully saturated rings. The summed E-state index contributed by atoms with van der Waals surface area (Å²) in [6, 6.07) is 11.9. The molecule has 0 aromatic heterocycles. The molecule has 0 N–H and O–H groups in total. The Bertz CT molecular complexity index is 1030. The number of hydrogen-bond acceptors (Lipinski definition) is 4. The maximum atomic E-state index is 13.4. The largest absolute Gasteiger partial charge is 0.325 e. The minimum absolute atomic E-state index is 0.0555. The van der Waals surface area contributed by atoms with E-state index in [1.165, 1.54) is 53.3 Å². The molecule has 156 valence electrons. The Morgan fingerprint density at radius 2 is 1.73 bits per heavy atom. The van der Waals surface area contributed by atoms with Crippen LogP contribution in [-0.2, 0) is 16.0 Å². The van der Waals surface area contributed by atoms with E-state index in [0.717, 1.165) is 5.56 Å². The van der Waals surface area contributed by atoms with Crippen molar-refractivity contribution in [1.29, 1.82) is 0 Å². The van der Waals surface area contributed by atoms with Crippen LogP contribution in [0, 0.1) is 15.9 Å². The van der Waals surface area contributed by atoms with Crippen LogP contribution in [0.2, 0.25) is 0 Å². The van der Waals surface area contributed by atoms with Crippen LogP contribution in [0.25, 0.3) is 6.08 Å². The van der Waals surface area contributed by atoms with Gasteiger partial charge in [0.2, 0.25) is 0 Å². The number of para-hydroxylation sites is 1. The number of halogens is 1. The van der Waals surface area contributed by atoms with E-state index in [9.17, 15) is 24.1 Å². The molecule has 1 saturated heterocycles. The van der Waals surface area contributed by atoms with E-state index in [4.69, 9.17) is 0 Å². The zero-order chi connectivity index (χ0) is 22.1. The molecule has 1 aliphatic rings. The second kappa shape index (κ2) is 8.06. The van der Waals surface area contributed by atoms with Gasteiger partial charge in [0, 0.05) is 26.6 Å². The first-order valence-corrected chi connectivity index (χ1v) is 9.47. The lowest BCUT2D eigenvalue weighted by Gasteiger charge is -2.47. The second-order valence-electron chi connectivity index (χ2n) is 7.26. The fraction of sp³-hybridized carbons (Fsp3) is 0.273. The van der Waals surface area contributed by atoms with Gasteiger partial charge in [-0.05, 0) is 36.3 Å². The van der Waals surface area contributed by atoms with Gasteiger partial charge < -0.3 is 9.80 Å². The zero-order valence-corrected chi connectivity index (χ0v) is 17.0. The Hall–Kier alpha value is -3.55. The number of carbonyl (C=O) groups is 2. The number of benzene rings is 2. The topological polar surface area (TPSA) is 83.8 Å². The first kappa shape index (κ1) is 21.2. The molecule has 1 heterocycles. The highest BCUT2D eigenvalue weighted by Crippen LogP contribution is 2.34. The third-order valence-corrected chi connectivity index (χ3v) is 5.65. The molecule has 0 radical (unpaired) electrons. The number of rotatable bonds is 5. The highest BCUT2D eigenvalue weighted by atomic mass is 19.1. The molecule has 2 amide bonds. The predicted octanol–water partition coefficient (Wildman–Crippen LogP) is 3.40. The van der Waals surface area contributed by atoms with Crippen LogP contribution < -0.4 is 0 Å². The van der Waals surface area contributed by atoms with Gasteiger partial charge in [-0.1, -0.05) is 31.2 Å². The van der Waals surface area contributed by atoms with E-state index < -0.39 is 16.4 Å². The molecule has 8 heteroatoms. The molecule has 7 nitrogen and oxygen atoms in total. The van der Waals surface area contributed by atoms with Gasteiger partial charge >= 0.3 is 0 Å². The van der Waals surface area contributed by atoms with Crippen molar-refractivity contribution in [2.24, 2.45) is 0 Å². The minimum Gasteiger partial charge on any atom is -0.325 e. The van der Waals surface area contributed by atoms with Gasteiger partial charge in [-0.25, -0.2) is 4.39 Å². The number of piperazine rings is 1. The lowest BCUT2D eigenvalue weighted by atomic mass is 9.82. The number of carbonyl (C=O) groups excluding carboxylic acids is 2. The maximum Gasteiger partial charge on any atom is 0.276 e. The van der Waals surface area contributed by atoms with Crippen molar-refractivity contribution in [2.45, 2.75) is 25.3 Å². The molecular weight excluding hydrogens is 389 g/mol. The summed E-state index contributed by atoms with van der Waals surface area (Å²) in [6.07, 6.45) is 1.95. The summed E-state index contributed by atoms with van der Waals surface area (Å²) < 4.78 is 13.3. The third-order valence-electron chi connectivity index (χ3n) is 5.65. The fourth-order valence-electron chi connectivity index (χ4n) is 3.80. The van der Waals surface area contributed by atoms with Crippen LogP contribution in [0.5, 0.6) is 0 Å². The summed E-state index contributed by atoms with van der Waals surface area (Å²) >= 11 is 0. The van der Waals surface area contributed by atoms with Gasteiger partial charge in [0.25, 0.3) is 17.5 Å². The van der Waals surface area contributed by atoms with E-state index in [-0.39, 0.29) is 35.1 Å². The van der Waals surface area contributed by atoms with E-state index in [1.807, 2.05) is 6.92 Å². The lowest BCUT2D eigenvalue weighted by molar-refractivity contribution is -0.385. The van der Waals surface area contributed by atoms with Gasteiger partial charge in [0.1, 0.15) is 17.1 Å². The number of nitro groups is 1. The molecule has 1 unspecified atom stereocenters. The van der Waals surface area contributed by atoms with E-state index in [2.05, 4.69) is 0 Å². The Morgan fingerprint density at radius 3 is 2.33 bits per heavy atom. The van der Waals surface area contributed by atoms with Gasteiger partial charge in [-0.2, -0.15) is 0 Å². The Kier molecular flexibility index (Phi) is 5.69. The average Bonchev–Trinajstić information content (AvgIpc) is 2.74. The summed E-state index contributed by atoms with van der Waals surface area (Å²) in [4.78, 5) is 40.0. The molecule has 0 aliphatic carbocycles. The number of nitro benzene ring substituents is 1. The molecule has 2 aromatic carbocycles. The number of hydrogen-bond donors (Lipinski definition) is 0. The normalized spacial score (nSPS) is 20.7. The van der Waals surface area contributed by atoms with Crippen molar-refractivity contribution in [2.75, 3.05) is 14.1 Å². The summed E-state index contributed by atoms with van der Waals surface area (Å²) in [5, 5.41) is 11.3. The van der Waals surface area contributed by atoms with Crippen molar-refractivity contribution in [3.05, 3.63) is 81.3 Å². The standard InChI is InChI=1S/C22H22FN3O4/c1-4-22(14-15-9-11-17(23)12-10-15)21(28)24(2)19(20(27)25(22)3)13-16-7-5-6-8-18(16)26(29)30/h5-13H,4,14H2,1-3H3. The smallest absolute Gasteiger partial charge is 0.276 e. The first-order valence-electron chi connectivity index (χ1n) is 9.47. The number of nitrogens with zero attached hydrogens (tertiary/aromatic N) is 3. The number of likely N-dealkylation sites (N-methyl/N-ethyl adjacent to an activating group) is 2. The third kappa shape index (κ3) is 3.56. The van der Waals surface area contributed by atoms with Crippen molar-refractivity contribution < 1.29 is 18.9 Å². The summed E-state index contributed by atoms with van der Waals surface area (Å²) in [5.74, 6) is -1.10. The van der Waals surface area contributed by atoms with Gasteiger partial charge in [0.15, 0.2) is 0 Å². The van der Waals surface area contributed by atoms with E-state index >= 15 is 0 Å². The van der Waals surface area contributed by atoms with E-state index in [0.29, 0.717) is 6.42 Å². The predicted molar refractivity (Wildman–Crippen MR) is 110 cm³/mol. The van der Waals surface area contributed by atoms with Crippen LogP contribution >= 0.6 is 0 Å². The molecule has 1 aliphatic heterocycles. The molecule has 30 heavy (non-hydrogen) atoms. The van der Waals surface area contributed by atoms with Crippen molar-refractivity contribution in [1.82, 2.24) is 9.80 Å². The Morgan fingerprint density at radius 1 is 1.10 bits per heavy atom. The SMILES string of the molecule is CCC1(Cc2ccc(F)cc2)C(=O)N(C)C(=Cc2ccccc2[N+](=O)[O-])C(=O)N1C. The molecular formula is C22H22FN3O4. The maximum absolute atomic E-state index is 13.4. The van der Waals surface area contributed by atoms with E-state index in [1.54, 1.807) is 25.2 Å². The quantitative estimate of drug-likeness (QED) is 0.429. The summed E-state index contributed by atoms with van der Waals surface area (Å²) in [5.41, 5.74) is -0.268. The van der Waals surface area contributed by atoms with Crippen LogP contribution in [0.1, 0.15) is 24.5 Å². The minimum atomic E-state index is -1.14. The average molecular weight is 411 g/mol. The molecule has 1 atom stereocenters. The highest BCUT2D eigenvalue weighted by molar-refractivity contribution is 6.09. The monoisotopic (exact) mass is 411 g/mol. The van der Waals surface area contributed by atoms with Crippen LogP contribution in [-0.4, -0.2) is 46.2 Å². The van der Waals surface area contributed by atoms with Crippen LogP contribution in [0.4, 0.5) is 10.1 Å². The summed E-state index contributed by atoms with van der Waals surface area (Å²) in [6.45, 7) is 1.82. The van der Waals surface area contributed by atoms with Crippen molar-refractivity contribution in [3.63, 3.8) is 0 Å². The van der Waals surface area contributed by atoms with Crippen LogP contribution in [0.15, 0.2) is 54.2 Å². The van der Waals surface area contributed by atoms with Crippen molar-refractivity contribution >= 4 is 23.6 Å². The second-order valence-corrected chi connectivity index (χ2v) is 7.26. The molecule has 2 aromatic rings. The Labute approximate surface area is 173 Å².